The quantitative estimate of drug-likeness (QED) is 0.248. The van der Waals surface area contributed by atoms with Crippen LogP contribution in [-0.4, -0.2) is 35.0 Å². The summed E-state index contributed by atoms with van der Waals surface area (Å²) in [7, 11) is 0. The lowest BCUT2D eigenvalue weighted by atomic mass is 9.77. The van der Waals surface area contributed by atoms with Gasteiger partial charge in [-0.05, 0) is 63.2 Å². The number of ether oxygens (including phenoxy) is 1. The first kappa shape index (κ1) is 28.9. The Morgan fingerprint density at radius 2 is 1.78 bits per heavy atom. The fourth-order valence-electron chi connectivity index (χ4n) is 4.68. The van der Waals surface area contributed by atoms with E-state index in [4.69, 9.17) is 9.84 Å². The van der Waals surface area contributed by atoms with Crippen molar-refractivity contribution < 1.29 is 19.7 Å². The van der Waals surface area contributed by atoms with Gasteiger partial charge in [-0.1, -0.05) is 77.7 Å². The highest BCUT2D eigenvalue weighted by Gasteiger charge is 2.33. The predicted octanol–water partition coefficient (Wildman–Crippen LogP) is 7.02. The van der Waals surface area contributed by atoms with Crippen molar-refractivity contribution in [3.8, 4) is 0 Å². The van der Waals surface area contributed by atoms with Crippen molar-refractivity contribution in [1.82, 2.24) is 0 Å². The van der Waals surface area contributed by atoms with E-state index in [-0.39, 0.29) is 24.7 Å². The van der Waals surface area contributed by atoms with Crippen LogP contribution in [0.1, 0.15) is 99.3 Å². The van der Waals surface area contributed by atoms with Gasteiger partial charge < -0.3 is 14.9 Å². The van der Waals surface area contributed by atoms with Gasteiger partial charge in [0.25, 0.3) is 0 Å². The van der Waals surface area contributed by atoms with Crippen LogP contribution in [0, 0.1) is 29.6 Å². The maximum absolute atomic E-state index is 10.9. The number of carbonyl (C=O) groups is 1. The Labute approximate surface area is 197 Å². The molecule has 0 aliphatic heterocycles. The molecule has 2 N–H and O–H groups in total. The molecule has 0 spiro atoms. The van der Waals surface area contributed by atoms with Gasteiger partial charge in [0.1, 0.15) is 0 Å². The van der Waals surface area contributed by atoms with Crippen molar-refractivity contribution in [2.24, 2.45) is 29.6 Å². The molecular formula is C28H50O4. The minimum absolute atomic E-state index is 0.0548. The molecule has 0 aromatic rings. The fraction of sp³-hybridized carbons (Fsp3) is 0.821. The number of carboxylic acids is 1. The highest BCUT2D eigenvalue weighted by atomic mass is 16.5. The maximum Gasteiger partial charge on any atom is 0.306 e. The number of aliphatic hydroxyl groups excluding tert-OH is 1. The molecule has 0 bridgehead atoms. The summed E-state index contributed by atoms with van der Waals surface area (Å²) in [6.07, 6.45) is 16.3. The lowest BCUT2D eigenvalue weighted by molar-refractivity contribution is -0.141. The smallest absolute Gasteiger partial charge is 0.306 e. The lowest BCUT2D eigenvalue weighted by Crippen LogP contribution is -2.39. The molecule has 0 fully saturated rings. The van der Waals surface area contributed by atoms with Gasteiger partial charge in [0.2, 0.25) is 0 Å². The minimum atomic E-state index is -0.705. The molecule has 0 heterocycles. The summed E-state index contributed by atoms with van der Waals surface area (Å²) in [5, 5.41) is 18.8. The highest BCUT2D eigenvalue weighted by Crippen LogP contribution is 2.33. The third-order valence-corrected chi connectivity index (χ3v) is 7.46. The number of carboxylic acid groups (broad SMARTS) is 1. The van der Waals surface area contributed by atoms with Gasteiger partial charge in [-0.25, -0.2) is 0 Å². The summed E-state index contributed by atoms with van der Waals surface area (Å²) in [5.41, 5.74) is 1.37. The van der Waals surface area contributed by atoms with E-state index in [1.54, 1.807) is 6.92 Å². The van der Waals surface area contributed by atoms with E-state index in [9.17, 15) is 9.90 Å². The number of hydrogen-bond donors (Lipinski definition) is 2. The summed E-state index contributed by atoms with van der Waals surface area (Å²) >= 11 is 0. The van der Waals surface area contributed by atoms with Crippen molar-refractivity contribution in [3.05, 3.63) is 23.8 Å². The molecule has 0 aromatic carbocycles. The summed E-state index contributed by atoms with van der Waals surface area (Å²) in [5.74, 6) is 1.18. The van der Waals surface area contributed by atoms with Crippen molar-refractivity contribution in [2.45, 2.75) is 112 Å². The molecule has 1 aliphatic rings. The second kappa shape index (κ2) is 15.7. The van der Waals surface area contributed by atoms with Gasteiger partial charge >= 0.3 is 5.97 Å². The number of allylic oxidation sites excluding steroid dienone is 3. The first-order valence-corrected chi connectivity index (χ1v) is 13.0. The molecule has 0 saturated heterocycles. The second-order valence-corrected chi connectivity index (χ2v) is 10.4. The Morgan fingerprint density at radius 3 is 2.41 bits per heavy atom. The average Bonchev–Trinajstić information content (AvgIpc) is 2.75. The van der Waals surface area contributed by atoms with Crippen molar-refractivity contribution >= 4 is 5.97 Å². The van der Waals surface area contributed by atoms with Crippen LogP contribution in [0.2, 0.25) is 0 Å². The molecule has 7 unspecified atom stereocenters. The van der Waals surface area contributed by atoms with Gasteiger partial charge in [0.05, 0.1) is 24.7 Å². The van der Waals surface area contributed by atoms with E-state index in [2.05, 4.69) is 52.8 Å². The largest absolute Gasteiger partial charge is 0.481 e. The van der Waals surface area contributed by atoms with Crippen LogP contribution in [0.15, 0.2) is 23.8 Å². The predicted molar refractivity (Wildman–Crippen MR) is 134 cm³/mol. The average molecular weight is 451 g/mol. The maximum atomic E-state index is 10.9. The molecule has 0 aromatic heterocycles. The third kappa shape index (κ3) is 10.7. The summed E-state index contributed by atoms with van der Waals surface area (Å²) in [6.45, 7) is 13.1. The molecule has 1 rings (SSSR count). The second-order valence-electron chi connectivity index (χ2n) is 10.4. The van der Waals surface area contributed by atoms with Crippen LogP contribution in [0.4, 0.5) is 0 Å². The van der Waals surface area contributed by atoms with Gasteiger partial charge in [0, 0.05) is 5.92 Å². The standard InChI is InChI=1S/C28H50O4/c1-7-25-18-17-22(4)24(6)27(25)32-26(19-29)16-10-14-21(3)12-8-11-20(2)13-9-15-23(5)28(30)31/h13,17-18,21-27,29H,7-12,14-16,19H2,1-6H3,(H,30,31). The molecule has 0 amide bonds. The Hall–Kier alpha value is -1.13. The van der Waals surface area contributed by atoms with Crippen LogP contribution < -0.4 is 0 Å². The van der Waals surface area contributed by atoms with Crippen LogP contribution in [-0.2, 0) is 9.53 Å². The molecule has 4 heteroatoms. The van der Waals surface area contributed by atoms with E-state index in [0.29, 0.717) is 30.1 Å². The van der Waals surface area contributed by atoms with Crippen LogP contribution in [0.25, 0.3) is 0 Å². The summed E-state index contributed by atoms with van der Waals surface area (Å²) in [6, 6.07) is 0. The topological polar surface area (TPSA) is 66.8 Å². The van der Waals surface area contributed by atoms with E-state index >= 15 is 0 Å². The molecule has 186 valence electrons. The number of aliphatic hydroxyl groups is 1. The Balaban J connectivity index is 2.28. The van der Waals surface area contributed by atoms with Crippen molar-refractivity contribution in [1.29, 1.82) is 0 Å². The molecule has 32 heavy (non-hydrogen) atoms. The SMILES string of the molecule is CCC1C=CC(C)C(C)C1OC(CO)CCCC(C)CCCC(C)=CCCC(C)C(=O)O. The fourth-order valence-corrected chi connectivity index (χ4v) is 4.68. The van der Waals surface area contributed by atoms with E-state index in [1.807, 2.05) is 0 Å². The van der Waals surface area contributed by atoms with E-state index in [0.717, 1.165) is 32.1 Å². The van der Waals surface area contributed by atoms with Crippen LogP contribution in [0.3, 0.4) is 0 Å². The zero-order chi connectivity index (χ0) is 24.1. The Kier molecular flexibility index (Phi) is 14.1. The normalized spacial score (nSPS) is 26.7. The first-order chi connectivity index (χ1) is 15.2. The molecule has 0 saturated carbocycles. The molecule has 0 radical (unpaired) electrons. The molecule has 4 nitrogen and oxygen atoms in total. The number of rotatable bonds is 16. The van der Waals surface area contributed by atoms with Crippen LogP contribution >= 0.6 is 0 Å². The zero-order valence-corrected chi connectivity index (χ0v) is 21.6. The summed E-state index contributed by atoms with van der Waals surface area (Å²) in [4.78, 5) is 10.9. The highest BCUT2D eigenvalue weighted by molar-refractivity contribution is 5.69. The third-order valence-electron chi connectivity index (χ3n) is 7.46. The van der Waals surface area contributed by atoms with Gasteiger partial charge in [0.15, 0.2) is 0 Å². The number of aliphatic carboxylic acids is 1. The van der Waals surface area contributed by atoms with Crippen molar-refractivity contribution in [3.63, 3.8) is 0 Å². The Bertz CT molecular complexity index is 582. The molecule has 1 aliphatic carbocycles. The van der Waals surface area contributed by atoms with E-state index < -0.39 is 5.97 Å². The van der Waals surface area contributed by atoms with Gasteiger partial charge in [-0.15, -0.1) is 0 Å². The molecular weight excluding hydrogens is 400 g/mol. The minimum Gasteiger partial charge on any atom is -0.481 e. The molecule has 7 atom stereocenters. The zero-order valence-electron chi connectivity index (χ0n) is 21.6. The monoisotopic (exact) mass is 450 g/mol. The van der Waals surface area contributed by atoms with E-state index in [1.165, 1.54) is 24.8 Å². The van der Waals surface area contributed by atoms with Gasteiger partial charge in [-0.2, -0.15) is 0 Å². The van der Waals surface area contributed by atoms with Gasteiger partial charge in [-0.3, -0.25) is 4.79 Å². The summed E-state index contributed by atoms with van der Waals surface area (Å²) < 4.78 is 6.44. The Morgan fingerprint density at radius 1 is 1.09 bits per heavy atom. The lowest BCUT2D eigenvalue weighted by Gasteiger charge is -2.38. The number of hydrogen-bond acceptors (Lipinski definition) is 3. The first-order valence-electron chi connectivity index (χ1n) is 13.0. The van der Waals surface area contributed by atoms with Crippen molar-refractivity contribution in [2.75, 3.05) is 6.61 Å². The van der Waals surface area contributed by atoms with Crippen LogP contribution in [0.5, 0.6) is 0 Å².